The Hall–Kier alpha value is -2.56. The van der Waals surface area contributed by atoms with Crippen LogP contribution in [-0.4, -0.2) is 30.2 Å². The third kappa shape index (κ3) is 3.26. The lowest BCUT2D eigenvalue weighted by Gasteiger charge is -2.18. The molecule has 2 aromatic rings. The predicted octanol–water partition coefficient (Wildman–Crippen LogP) is 2.42. The molecule has 0 atom stereocenters. The van der Waals surface area contributed by atoms with Gasteiger partial charge >= 0.3 is 5.97 Å². The largest absolute Gasteiger partial charge is 0.497 e. The van der Waals surface area contributed by atoms with E-state index in [4.69, 9.17) is 9.84 Å². The van der Waals surface area contributed by atoms with Crippen LogP contribution in [0.2, 0.25) is 0 Å². The lowest BCUT2D eigenvalue weighted by Crippen LogP contribution is -2.18. The number of aromatic nitrogens is 1. The van der Waals surface area contributed by atoms with Gasteiger partial charge in [0.05, 0.1) is 7.11 Å². The molecule has 0 saturated carbocycles. The third-order valence-corrected chi connectivity index (χ3v) is 2.92. The number of ether oxygens (including phenoxy) is 1. The molecule has 0 fully saturated rings. The number of methoxy groups -OCH3 is 1. The normalized spacial score (nSPS) is 10.1. The predicted molar refractivity (Wildman–Crippen MR) is 76.3 cm³/mol. The summed E-state index contributed by atoms with van der Waals surface area (Å²) in [5.74, 6) is 0.410. The average Bonchev–Trinajstić information content (AvgIpc) is 2.48. The molecule has 0 aliphatic rings. The van der Waals surface area contributed by atoms with Crippen LogP contribution in [0.25, 0.3) is 0 Å². The molecule has 5 nitrogen and oxygen atoms in total. The van der Waals surface area contributed by atoms with Gasteiger partial charge in [0.15, 0.2) is 5.69 Å². The SMILES string of the molecule is COc1ccc(CN(C)c2cccc(C(=O)O)n2)cc1. The number of hydrogen-bond donors (Lipinski definition) is 1. The Morgan fingerprint density at radius 2 is 1.95 bits per heavy atom. The maximum atomic E-state index is 10.9. The number of carboxylic acids is 1. The van der Waals surface area contributed by atoms with Gasteiger partial charge in [0.25, 0.3) is 0 Å². The monoisotopic (exact) mass is 272 g/mol. The lowest BCUT2D eigenvalue weighted by atomic mass is 10.2. The minimum absolute atomic E-state index is 0.0454. The van der Waals surface area contributed by atoms with Crippen molar-refractivity contribution in [3.05, 3.63) is 53.7 Å². The Kier molecular flexibility index (Phi) is 4.20. The minimum Gasteiger partial charge on any atom is -0.497 e. The molecule has 1 N–H and O–H groups in total. The van der Waals surface area contributed by atoms with Crippen LogP contribution in [0.5, 0.6) is 5.75 Å². The number of pyridine rings is 1. The number of carbonyl (C=O) groups is 1. The summed E-state index contributed by atoms with van der Waals surface area (Å²) in [4.78, 5) is 16.9. The average molecular weight is 272 g/mol. The van der Waals surface area contributed by atoms with Gasteiger partial charge in [-0.05, 0) is 29.8 Å². The molecule has 104 valence electrons. The first-order valence-electron chi connectivity index (χ1n) is 6.14. The maximum absolute atomic E-state index is 10.9. The van der Waals surface area contributed by atoms with Crippen molar-refractivity contribution < 1.29 is 14.6 Å². The second kappa shape index (κ2) is 6.06. The fourth-order valence-electron chi connectivity index (χ4n) is 1.84. The fraction of sp³-hybridized carbons (Fsp3) is 0.200. The highest BCUT2D eigenvalue weighted by atomic mass is 16.5. The van der Waals surface area contributed by atoms with Crippen LogP contribution < -0.4 is 9.64 Å². The van der Waals surface area contributed by atoms with Gasteiger partial charge in [-0.15, -0.1) is 0 Å². The molecule has 0 amide bonds. The second-order valence-electron chi connectivity index (χ2n) is 4.39. The molecule has 0 unspecified atom stereocenters. The molecule has 20 heavy (non-hydrogen) atoms. The van der Waals surface area contributed by atoms with Crippen molar-refractivity contribution in [2.45, 2.75) is 6.54 Å². The number of rotatable bonds is 5. The Labute approximate surface area is 117 Å². The van der Waals surface area contributed by atoms with E-state index in [1.54, 1.807) is 19.2 Å². The molecular weight excluding hydrogens is 256 g/mol. The molecule has 0 spiro atoms. The van der Waals surface area contributed by atoms with E-state index in [2.05, 4.69) is 4.98 Å². The van der Waals surface area contributed by atoms with Gasteiger partial charge < -0.3 is 14.7 Å². The molecule has 1 aromatic carbocycles. The van der Waals surface area contributed by atoms with Crippen LogP contribution in [0.15, 0.2) is 42.5 Å². The molecule has 2 rings (SSSR count). The van der Waals surface area contributed by atoms with Gasteiger partial charge in [-0.3, -0.25) is 0 Å². The number of anilines is 1. The molecule has 0 radical (unpaired) electrons. The van der Waals surface area contributed by atoms with Gasteiger partial charge in [0.2, 0.25) is 0 Å². The van der Waals surface area contributed by atoms with E-state index in [0.29, 0.717) is 12.4 Å². The van der Waals surface area contributed by atoms with Crippen molar-refractivity contribution in [2.75, 3.05) is 19.1 Å². The van der Waals surface area contributed by atoms with Crippen molar-refractivity contribution >= 4 is 11.8 Å². The van der Waals surface area contributed by atoms with Gasteiger partial charge in [-0.1, -0.05) is 18.2 Å². The minimum atomic E-state index is -1.02. The third-order valence-electron chi connectivity index (χ3n) is 2.92. The standard InChI is InChI=1S/C15H16N2O3/c1-17(10-11-6-8-12(20-2)9-7-11)14-5-3-4-13(16-14)15(18)19/h3-9H,10H2,1-2H3,(H,18,19). The molecule has 0 aliphatic heterocycles. The summed E-state index contributed by atoms with van der Waals surface area (Å²) < 4.78 is 5.11. The van der Waals surface area contributed by atoms with Gasteiger partial charge in [0, 0.05) is 13.6 Å². The summed E-state index contributed by atoms with van der Waals surface area (Å²) in [6.45, 7) is 0.639. The van der Waals surface area contributed by atoms with E-state index in [-0.39, 0.29) is 5.69 Å². The summed E-state index contributed by atoms with van der Waals surface area (Å²) in [5, 5.41) is 8.94. The molecule has 5 heteroatoms. The van der Waals surface area contributed by atoms with Crippen LogP contribution in [0.1, 0.15) is 16.1 Å². The molecule has 0 bridgehead atoms. The van der Waals surface area contributed by atoms with E-state index in [1.807, 2.05) is 36.2 Å². The van der Waals surface area contributed by atoms with Crippen molar-refractivity contribution in [1.82, 2.24) is 4.98 Å². The highest BCUT2D eigenvalue weighted by molar-refractivity contribution is 5.85. The topological polar surface area (TPSA) is 62.7 Å². The first kappa shape index (κ1) is 13.9. The molecule has 1 heterocycles. The maximum Gasteiger partial charge on any atom is 0.354 e. The number of carboxylic acid groups (broad SMARTS) is 1. The molecule has 0 saturated heterocycles. The first-order valence-corrected chi connectivity index (χ1v) is 6.14. The fourth-order valence-corrected chi connectivity index (χ4v) is 1.84. The van der Waals surface area contributed by atoms with Crippen molar-refractivity contribution in [3.8, 4) is 5.75 Å². The number of benzene rings is 1. The summed E-state index contributed by atoms with van der Waals surface area (Å²) >= 11 is 0. The van der Waals surface area contributed by atoms with E-state index >= 15 is 0 Å². The number of nitrogens with zero attached hydrogens (tertiary/aromatic N) is 2. The second-order valence-corrected chi connectivity index (χ2v) is 4.39. The van der Waals surface area contributed by atoms with Gasteiger partial charge in [-0.25, -0.2) is 9.78 Å². The first-order chi connectivity index (χ1) is 9.60. The van der Waals surface area contributed by atoms with Crippen LogP contribution in [0, 0.1) is 0 Å². The van der Waals surface area contributed by atoms with Crippen LogP contribution in [-0.2, 0) is 6.54 Å². The Morgan fingerprint density at radius 3 is 2.55 bits per heavy atom. The quantitative estimate of drug-likeness (QED) is 0.905. The molecular formula is C15H16N2O3. The van der Waals surface area contributed by atoms with Crippen LogP contribution >= 0.6 is 0 Å². The van der Waals surface area contributed by atoms with Crippen LogP contribution in [0.3, 0.4) is 0 Å². The Morgan fingerprint density at radius 1 is 1.25 bits per heavy atom. The highest BCUT2D eigenvalue weighted by Gasteiger charge is 2.08. The summed E-state index contributed by atoms with van der Waals surface area (Å²) in [5.41, 5.74) is 1.14. The number of aromatic carboxylic acids is 1. The Bertz CT molecular complexity index is 596. The van der Waals surface area contributed by atoms with Gasteiger partial charge in [-0.2, -0.15) is 0 Å². The zero-order valence-electron chi connectivity index (χ0n) is 11.4. The zero-order chi connectivity index (χ0) is 14.5. The van der Waals surface area contributed by atoms with E-state index in [0.717, 1.165) is 11.3 Å². The van der Waals surface area contributed by atoms with E-state index in [9.17, 15) is 4.79 Å². The van der Waals surface area contributed by atoms with Crippen molar-refractivity contribution in [2.24, 2.45) is 0 Å². The Balaban J connectivity index is 2.12. The van der Waals surface area contributed by atoms with Crippen molar-refractivity contribution in [1.29, 1.82) is 0 Å². The summed E-state index contributed by atoms with van der Waals surface area (Å²) in [6, 6.07) is 12.7. The lowest BCUT2D eigenvalue weighted by molar-refractivity contribution is 0.0690. The van der Waals surface area contributed by atoms with Crippen LogP contribution in [0.4, 0.5) is 5.82 Å². The zero-order valence-corrected chi connectivity index (χ0v) is 11.4. The number of hydrogen-bond acceptors (Lipinski definition) is 4. The summed E-state index contributed by atoms with van der Waals surface area (Å²) in [7, 11) is 3.50. The van der Waals surface area contributed by atoms with Gasteiger partial charge in [0.1, 0.15) is 11.6 Å². The smallest absolute Gasteiger partial charge is 0.354 e. The van der Waals surface area contributed by atoms with E-state index < -0.39 is 5.97 Å². The van der Waals surface area contributed by atoms with Crippen molar-refractivity contribution in [3.63, 3.8) is 0 Å². The molecule has 1 aromatic heterocycles. The molecule has 0 aliphatic carbocycles. The highest BCUT2D eigenvalue weighted by Crippen LogP contribution is 2.16. The van der Waals surface area contributed by atoms with E-state index in [1.165, 1.54) is 6.07 Å². The summed E-state index contributed by atoms with van der Waals surface area (Å²) in [6.07, 6.45) is 0.